The lowest BCUT2D eigenvalue weighted by molar-refractivity contribution is 0.0890. The lowest BCUT2D eigenvalue weighted by Gasteiger charge is -2.40. The molecule has 5 nitrogen and oxygen atoms in total. The number of nitrogens with one attached hydrogen (secondary N) is 1. The van der Waals surface area contributed by atoms with E-state index in [9.17, 15) is 0 Å². The SMILES string of the molecule is CN=C(NCCCN1CCN(C)CC1c1ccccc1)N1CCCC(C)C1. The summed E-state index contributed by atoms with van der Waals surface area (Å²) < 4.78 is 0. The van der Waals surface area contributed by atoms with Gasteiger partial charge in [-0.2, -0.15) is 0 Å². The van der Waals surface area contributed by atoms with Crippen molar-refractivity contribution in [3.05, 3.63) is 35.9 Å². The normalized spacial score (nSPS) is 25.6. The Morgan fingerprint density at radius 3 is 2.70 bits per heavy atom. The highest BCUT2D eigenvalue weighted by Crippen LogP contribution is 2.24. The first-order valence-electron chi connectivity index (χ1n) is 10.6. The Labute approximate surface area is 165 Å². The van der Waals surface area contributed by atoms with Crippen LogP contribution in [0.5, 0.6) is 0 Å². The van der Waals surface area contributed by atoms with Gasteiger partial charge in [0, 0.05) is 58.9 Å². The van der Waals surface area contributed by atoms with Crippen LogP contribution in [-0.2, 0) is 0 Å². The van der Waals surface area contributed by atoms with Gasteiger partial charge in [-0.3, -0.25) is 9.89 Å². The maximum atomic E-state index is 4.51. The number of aliphatic imine (C=N–C) groups is 1. The third-order valence-electron chi connectivity index (χ3n) is 5.95. The van der Waals surface area contributed by atoms with Gasteiger partial charge < -0.3 is 15.1 Å². The molecule has 0 amide bonds. The van der Waals surface area contributed by atoms with E-state index in [1.807, 2.05) is 7.05 Å². The summed E-state index contributed by atoms with van der Waals surface area (Å²) >= 11 is 0. The second kappa shape index (κ2) is 10.1. The first-order valence-corrected chi connectivity index (χ1v) is 10.6. The molecule has 3 rings (SSSR count). The molecule has 0 saturated carbocycles. The zero-order chi connectivity index (χ0) is 19.1. The largest absolute Gasteiger partial charge is 0.356 e. The van der Waals surface area contributed by atoms with Gasteiger partial charge in [0.1, 0.15) is 0 Å². The summed E-state index contributed by atoms with van der Waals surface area (Å²) in [4.78, 5) is 12.0. The van der Waals surface area contributed by atoms with Gasteiger partial charge in [0.15, 0.2) is 5.96 Å². The number of piperidine rings is 1. The Kier molecular flexibility index (Phi) is 7.53. The molecule has 2 fully saturated rings. The molecule has 0 aliphatic carbocycles. The maximum absolute atomic E-state index is 4.51. The first kappa shape index (κ1) is 20.2. The zero-order valence-corrected chi connectivity index (χ0v) is 17.4. The summed E-state index contributed by atoms with van der Waals surface area (Å²) in [7, 11) is 4.14. The maximum Gasteiger partial charge on any atom is 0.193 e. The molecule has 1 aromatic carbocycles. The molecule has 27 heavy (non-hydrogen) atoms. The van der Waals surface area contributed by atoms with Gasteiger partial charge in [-0.15, -0.1) is 0 Å². The standard InChI is InChI=1S/C22H37N5/c1-19-9-7-13-27(17-19)22(23-2)24-12-8-14-26-16-15-25(3)18-21(26)20-10-5-4-6-11-20/h4-6,10-11,19,21H,7-9,12-18H2,1-3H3,(H,23,24). The third-order valence-corrected chi connectivity index (χ3v) is 5.95. The lowest BCUT2D eigenvalue weighted by Crippen LogP contribution is -2.48. The Morgan fingerprint density at radius 1 is 1.15 bits per heavy atom. The Morgan fingerprint density at radius 2 is 1.96 bits per heavy atom. The molecule has 2 aliphatic rings. The molecule has 150 valence electrons. The number of piperazine rings is 1. The van der Waals surface area contributed by atoms with E-state index in [0.29, 0.717) is 6.04 Å². The van der Waals surface area contributed by atoms with Gasteiger partial charge in [-0.05, 0) is 37.8 Å². The molecule has 0 spiro atoms. The molecule has 2 unspecified atom stereocenters. The number of rotatable bonds is 5. The number of guanidine groups is 1. The summed E-state index contributed by atoms with van der Waals surface area (Å²) in [6, 6.07) is 11.5. The van der Waals surface area contributed by atoms with E-state index in [0.717, 1.165) is 64.1 Å². The van der Waals surface area contributed by atoms with E-state index >= 15 is 0 Å². The van der Waals surface area contributed by atoms with E-state index in [-0.39, 0.29) is 0 Å². The molecule has 5 heteroatoms. The molecule has 0 bridgehead atoms. The van der Waals surface area contributed by atoms with Crippen LogP contribution >= 0.6 is 0 Å². The number of benzene rings is 1. The van der Waals surface area contributed by atoms with Gasteiger partial charge in [-0.1, -0.05) is 37.3 Å². The van der Waals surface area contributed by atoms with E-state index in [2.05, 4.69) is 69.3 Å². The molecule has 2 heterocycles. The Hall–Kier alpha value is -1.59. The van der Waals surface area contributed by atoms with E-state index < -0.39 is 0 Å². The van der Waals surface area contributed by atoms with E-state index in [4.69, 9.17) is 0 Å². The van der Waals surface area contributed by atoms with Crippen molar-refractivity contribution in [3.63, 3.8) is 0 Å². The van der Waals surface area contributed by atoms with E-state index in [1.54, 1.807) is 0 Å². The average molecular weight is 372 g/mol. The summed E-state index contributed by atoms with van der Waals surface area (Å²) in [5.41, 5.74) is 1.44. The van der Waals surface area contributed by atoms with Crippen LogP contribution in [-0.4, -0.2) is 80.6 Å². The van der Waals surface area contributed by atoms with Crippen molar-refractivity contribution in [1.82, 2.24) is 20.0 Å². The van der Waals surface area contributed by atoms with E-state index in [1.165, 1.54) is 18.4 Å². The lowest BCUT2D eigenvalue weighted by atomic mass is 10.0. The highest BCUT2D eigenvalue weighted by atomic mass is 15.3. The number of hydrogen-bond donors (Lipinski definition) is 1. The average Bonchev–Trinajstić information content (AvgIpc) is 2.69. The summed E-state index contributed by atoms with van der Waals surface area (Å²) in [6.07, 6.45) is 3.77. The minimum atomic E-state index is 0.507. The summed E-state index contributed by atoms with van der Waals surface area (Å²) in [5.74, 6) is 1.86. The predicted octanol–water partition coefficient (Wildman–Crippen LogP) is 2.67. The molecule has 2 atom stereocenters. The fourth-order valence-electron chi connectivity index (χ4n) is 4.41. The Bertz CT molecular complexity index is 588. The van der Waals surface area contributed by atoms with Crippen LogP contribution in [0.2, 0.25) is 0 Å². The second-order valence-electron chi connectivity index (χ2n) is 8.25. The van der Waals surface area contributed by atoms with Crippen molar-refractivity contribution in [2.75, 3.05) is 59.9 Å². The number of likely N-dealkylation sites (N-methyl/N-ethyl adjacent to an activating group) is 1. The van der Waals surface area contributed by atoms with Gasteiger partial charge in [-0.25, -0.2) is 0 Å². The van der Waals surface area contributed by atoms with Crippen LogP contribution < -0.4 is 5.32 Å². The van der Waals surface area contributed by atoms with Gasteiger partial charge >= 0.3 is 0 Å². The number of nitrogens with zero attached hydrogens (tertiary/aromatic N) is 4. The first-order chi connectivity index (χ1) is 13.2. The van der Waals surface area contributed by atoms with Crippen molar-refractivity contribution >= 4 is 5.96 Å². The quantitative estimate of drug-likeness (QED) is 0.490. The van der Waals surface area contributed by atoms with Crippen LogP contribution in [0.1, 0.15) is 37.8 Å². The molecule has 0 radical (unpaired) electrons. The van der Waals surface area contributed by atoms with Crippen LogP contribution in [0.4, 0.5) is 0 Å². The minimum Gasteiger partial charge on any atom is -0.356 e. The highest BCUT2D eigenvalue weighted by molar-refractivity contribution is 5.79. The Balaban J connectivity index is 1.48. The monoisotopic (exact) mass is 371 g/mol. The summed E-state index contributed by atoms with van der Waals surface area (Å²) in [6.45, 7) is 10.2. The van der Waals surface area contributed by atoms with Crippen molar-refractivity contribution in [2.24, 2.45) is 10.9 Å². The fourth-order valence-corrected chi connectivity index (χ4v) is 4.41. The van der Waals surface area contributed by atoms with Gasteiger partial charge in [0.25, 0.3) is 0 Å². The fraction of sp³-hybridized carbons (Fsp3) is 0.682. The van der Waals surface area contributed by atoms with Crippen LogP contribution in [0.25, 0.3) is 0 Å². The van der Waals surface area contributed by atoms with Crippen LogP contribution in [0.15, 0.2) is 35.3 Å². The van der Waals surface area contributed by atoms with Crippen LogP contribution in [0, 0.1) is 5.92 Å². The van der Waals surface area contributed by atoms with Gasteiger partial charge in [0.2, 0.25) is 0 Å². The summed E-state index contributed by atoms with van der Waals surface area (Å²) in [5, 5.41) is 3.60. The smallest absolute Gasteiger partial charge is 0.193 e. The van der Waals surface area contributed by atoms with Crippen molar-refractivity contribution < 1.29 is 0 Å². The van der Waals surface area contributed by atoms with Crippen molar-refractivity contribution in [2.45, 2.75) is 32.2 Å². The molecular weight excluding hydrogens is 334 g/mol. The third kappa shape index (κ3) is 5.69. The molecule has 0 aromatic heterocycles. The number of likely N-dealkylation sites (tertiary alicyclic amines) is 1. The van der Waals surface area contributed by atoms with Crippen LogP contribution in [0.3, 0.4) is 0 Å². The molecule has 1 N–H and O–H groups in total. The predicted molar refractivity (Wildman–Crippen MR) is 114 cm³/mol. The molecular formula is C22H37N5. The second-order valence-corrected chi connectivity index (χ2v) is 8.25. The molecule has 2 saturated heterocycles. The van der Waals surface area contributed by atoms with Gasteiger partial charge in [0.05, 0.1) is 0 Å². The zero-order valence-electron chi connectivity index (χ0n) is 17.4. The molecule has 2 aliphatic heterocycles. The van der Waals surface area contributed by atoms with Crippen molar-refractivity contribution in [3.8, 4) is 0 Å². The minimum absolute atomic E-state index is 0.507. The highest BCUT2D eigenvalue weighted by Gasteiger charge is 2.26. The number of hydrogen-bond acceptors (Lipinski definition) is 3. The van der Waals surface area contributed by atoms with Crippen molar-refractivity contribution in [1.29, 1.82) is 0 Å². The molecule has 1 aromatic rings. The topological polar surface area (TPSA) is 34.1 Å².